The van der Waals surface area contributed by atoms with Gasteiger partial charge in [-0.05, 0) is 50.4 Å². The number of nitrogens with one attached hydrogen (secondary N) is 1. The lowest BCUT2D eigenvalue weighted by Crippen LogP contribution is -2.40. The summed E-state index contributed by atoms with van der Waals surface area (Å²) in [6, 6.07) is 7.34. The second-order valence-corrected chi connectivity index (χ2v) is 7.27. The summed E-state index contributed by atoms with van der Waals surface area (Å²) in [5.41, 5.74) is 0.907. The summed E-state index contributed by atoms with van der Waals surface area (Å²) in [7, 11) is -1.39. The Morgan fingerprint density at radius 2 is 1.90 bits per heavy atom. The Labute approximate surface area is 122 Å². The average Bonchev–Trinajstić information content (AvgIpc) is 2.48. The summed E-state index contributed by atoms with van der Waals surface area (Å²) in [4.78, 5) is 0.481. The van der Waals surface area contributed by atoms with Gasteiger partial charge < -0.3 is 5.32 Å². The van der Waals surface area contributed by atoms with E-state index in [1.807, 2.05) is 26.1 Å². The van der Waals surface area contributed by atoms with Crippen LogP contribution < -0.4 is 5.32 Å². The van der Waals surface area contributed by atoms with Crippen molar-refractivity contribution in [2.24, 2.45) is 5.92 Å². The van der Waals surface area contributed by atoms with Crippen LogP contribution in [0.4, 0.5) is 0 Å². The molecule has 0 saturated carbocycles. The highest BCUT2D eigenvalue weighted by atomic mass is 32.2. The summed E-state index contributed by atoms with van der Waals surface area (Å²) in [5, 5.41) is 3.17. The van der Waals surface area contributed by atoms with E-state index in [4.69, 9.17) is 0 Å². The van der Waals surface area contributed by atoms with Gasteiger partial charge in [-0.3, -0.25) is 0 Å². The molecule has 1 aliphatic heterocycles. The Bertz CT molecular complexity index is 535. The molecule has 1 aliphatic rings. The molecule has 2 rings (SSSR count). The highest BCUT2D eigenvalue weighted by Crippen LogP contribution is 2.25. The highest BCUT2D eigenvalue weighted by Gasteiger charge is 2.30. The normalized spacial score (nSPS) is 18.3. The summed E-state index contributed by atoms with van der Waals surface area (Å²) >= 11 is 0. The van der Waals surface area contributed by atoms with Crippen molar-refractivity contribution >= 4 is 10.0 Å². The zero-order valence-electron chi connectivity index (χ0n) is 12.3. The molecule has 4 nitrogen and oxygen atoms in total. The average molecular weight is 296 g/mol. The van der Waals surface area contributed by atoms with Crippen molar-refractivity contribution in [2.75, 3.05) is 26.7 Å². The van der Waals surface area contributed by atoms with Gasteiger partial charge in [0.1, 0.15) is 0 Å². The Kier molecular flexibility index (Phi) is 5.18. The fourth-order valence-electron chi connectivity index (χ4n) is 2.83. The van der Waals surface area contributed by atoms with E-state index in [9.17, 15) is 8.42 Å². The standard InChI is InChI=1S/C15H24N2O2S/c1-3-14-6-4-5-7-15(14)20(18,19)17-10-8-13(9-11-17)12-16-2/h4-7,13,16H,3,8-12H2,1-2H3. The van der Waals surface area contributed by atoms with Gasteiger partial charge in [0.2, 0.25) is 10.0 Å². The third-order valence-corrected chi connectivity index (χ3v) is 6.04. The first-order valence-corrected chi connectivity index (χ1v) is 8.76. The van der Waals surface area contributed by atoms with Crippen LogP contribution in [0.3, 0.4) is 0 Å². The van der Waals surface area contributed by atoms with Gasteiger partial charge in [-0.1, -0.05) is 25.1 Å². The molecule has 1 aromatic rings. The van der Waals surface area contributed by atoms with Crippen molar-refractivity contribution < 1.29 is 8.42 Å². The largest absolute Gasteiger partial charge is 0.319 e. The van der Waals surface area contributed by atoms with E-state index >= 15 is 0 Å². The maximum atomic E-state index is 12.7. The third-order valence-electron chi connectivity index (χ3n) is 4.04. The first-order chi connectivity index (χ1) is 9.59. The van der Waals surface area contributed by atoms with Crippen molar-refractivity contribution in [1.29, 1.82) is 0 Å². The second-order valence-electron chi connectivity index (χ2n) is 5.37. The molecule has 0 aromatic heterocycles. The van der Waals surface area contributed by atoms with Crippen LogP contribution in [0.25, 0.3) is 0 Å². The Balaban J connectivity index is 2.16. The molecule has 1 N–H and O–H groups in total. The smallest absolute Gasteiger partial charge is 0.243 e. The lowest BCUT2D eigenvalue weighted by molar-refractivity contribution is 0.270. The quantitative estimate of drug-likeness (QED) is 0.902. The van der Waals surface area contributed by atoms with E-state index in [2.05, 4.69) is 5.32 Å². The zero-order valence-corrected chi connectivity index (χ0v) is 13.1. The van der Waals surface area contributed by atoms with Crippen molar-refractivity contribution in [3.63, 3.8) is 0 Å². The van der Waals surface area contributed by atoms with Crippen molar-refractivity contribution in [3.8, 4) is 0 Å². The van der Waals surface area contributed by atoms with Gasteiger partial charge in [0.25, 0.3) is 0 Å². The summed E-state index contributed by atoms with van der Waals surface area (Å²) < 4.78 is 27.1. The van der Waals surface area contributed by atoms with Gasteiger partial charge in [-0.25, -0.2) is 8.42 Å². The second kappa shape index (κ2) is 6.70. The van der Waals surface area contributed by atoms with Crippen LogP contribution in [0.1, 0.15) is 25.3 Å². The lowest BCUT2D eigenvalue weighted by atomic mass is 9.98. The van der Waals surface area contributed by atoms with E-state index in [-0.39, 0.29) is 0 Å². The molecule has 5 heteroatoms. The molecule has 0 amide bonds. The van der Waals surface area contributed by atoms with E-state index in [1.54, 1.807) is 16.4 Å². The fourth-order valence-corrected chi connectivity index (χ4v) is 4.59. The van der Waals surface area contributed by atoms with Gasteiger partial charge in [-0.2, -0.15) is 4.31 Å². The van der Waals surface area contributed by atoms with Crippen molar-refractivity contribution in [3.05, 3.63) is 29.8 Å². The predicted molar refractivity (Wildman–Crippen MR) is 81.2 cm³/mol. The minimum Gasteiger partial charge on any atom is -0.319 e. The van der Waals surface area contributed by atoms with Gasteiger partial charge in [0, 0.05) is 13.1 Å². The molecule has 1 aromatic carbocycles. The minimum atomic E-state index is -3.33. The van der Waals surface area contributed by atoms with Gasteiger partial charge in [0.05, 0.1) is 4.90 Å². The van der Waals surface area contributed by atoms with Crippen LogP contribution >= 0.6 is 0 Å². The van der Waals surface area contributed by atoms with Gasteiger partial charge in [0.15, 0.2) is 0 Å². The number of aryl methyl sites for hydroxylation is 1. The third kappa shape index (κ3) is 3.22. The van der Waals surface area contributed by atoms with Crippen LogP contribution in [0.15, 0.2) is 29.2 Å². The van der Waals surface area contributed by atoms with E-state index in [0.29, 0.717) is 23.9 Å². The predicted octanol–water partition coefficient (Wildman–Crippen LogP) is 1.87. The molecule has 0 atom stereocenters. The van der Waals surface area contributed by atoms with Crippen LogP contribution in [0.5, 0.6) is 0 Å². The van der Waals surface area contributed by atoms with Crippen LogP contribution in [0.2, 0.25) is 0 Å². The lowest BCUT2D eigenvalue weighted by Gasteiger charge is -2.31. The summed E-state index contributed by atoms with van der Waals surface area (Å²) in [6.07, 6.45) is 2.62. The summed E-state index contributed by atoms with van der Waals surface area (Å²) in [5.74, 6) is 0.591. The molecular formula is C15H24N2O2S. The topological polar surface area (TPSA) is 49.4 Å². The Morgan fingerprint density at radius 3 is 2.50 bits per heavy atom. The Morgan fingerprint density at radius 1 is 1.25 bits per heavy atom. The number of hydrogen-bond donors (Lipinski definition) is 1. The highest BCUT2D eigenvalue weighted by molar-refractivity contribution is 7.89. The molecule has 0 spiro atoms. The maximum Gasteiger partial charge on any atom is 0.243 e. The van der Waals surface area contributed by atoms with Crippen LogP contribution in [-0.4, -0.2) is 39.4 Å². The molecule has 0 unspecified atom stereocenters. The first-order valence-electron chi connectivity index (χ1n) is 7.32. The number of piperidine rings is 1. The minimum absolute atomic E-state index is 0.481. The van der Waals surface area contributed by atoms with E-state index < -0.39 is 10.0 Å². The molecule has 0 radical (unpaired) electrons. The molecule has 0 bridgehead atoms. The number of rotatable bonds is 5. The fraction of sp³-hybridized carbons (Fsp3) is 0.600. The number of sulfonamides is 1. The summed E-state index contributed by atoms with van der Waals surface area (Å²) in [6.45, 7) is 4.23. The van der Waals surface area contributed by atoms with Crippen molar-refractivity contribution in [2.45, 2.75) is 31.1 Å². The number of benzene rings is 1. The molecule has 112 valence electrons. The van der Waals surface area contributed by atoms with Gasteiger partial charge >= 0.3 is 0 Å². The van der Waals surface area contributed by atoms with Crippen LogP contribution in [-0.2, 0) is 16.4 Å². The molecule has 20 heavy (non-hydrogen) atoms. The Hall–Kier alpha value is -0.910. The SMILES string of the molecule is CCc1ccccc1S(=O)(=O)N1CCC(CNC)CC1. The molecular weight excluding hydrogens is 272 g/mol. The molecule has 1 heterocycles. The van der Waals surface area contributed by atoms with Crippen molar-refractivity contribution in [1.82, 2.24) is 9.62 Å². The molecule has 1 saturated heterocycles. The maximum absolute atomic E-state index is 12.7. The number of nitrogens with zero attached hydrogens (tertiary/aromatic N) is 1. The zero-order chi connectivity index (χ0) is 14.6. The first kappa shape index (κ1) is 15.5. The van der Waals surface area contributed by atoms with Crippen LogP contribution in [0, 0.1) is 5.92 Å². The molecule has 1 fully saturated rings. The molecule has 0 aliphatic carbocycles. The van der Waals surface area contributed by atoms with E-state index in [1.165, 1.54) is 0 Å². The van der Waals surface area contributed by atoms with Gasteiger partial charge in [-0.15, -0.1) is 0 Å². The monoisotopic (exact) mass is 296 g/mol. The number of hydrogen-bond acceptors (Lipinski definition) is 3. The van der Waals surface area contributed by atoms with E-state index in [0.717, 1.165) is 31.4 Å².